The van der Waals surface area contributed by atoms with Crippen molar-refractivity contribution in [3.8, 4) is 0 Å². The van der Waals surface area contributed by atoms with Crippen LogP contribution in [0, 0.1) is 5.92 Å². The summed E-state index contributed by atoms with van der Waals surface area (Å²) in [5, 5.41) is 15.1. The van der Waals surface area contributed by atoms with E-state index in [2.05, 4.69) is 10.00 Å². The SMILES string of the molecule is CC(F)n1cc2c(n1)C(CC(O)C1CCCCC1)N(C)/C2=C\N. The molecular weight excluding hydrogens is 295 g/mol. The maximum absolute atomic E-state index is 13.6. The average Bonchev–Trinajstić information content (AvgIpc) is 3.07. The number of aliphatic hydroxyl groups is 1. The third-order valence-electron chi connectivity index (χ3n) is 5.38. The van der Waals surface area contributed by atoms with Gasteiger partial charge in [-0.05, 0) is 32.1 Å². The molecule has 3 atom stereocenters. The van der Waals surface area contributed by atoms with Crippen molar-refractivity contribution in [1.82, 2.24) is 14.7 Å². The van der Waals surface area contributed by atoms with E-state index in [4.69, 9.17) is 5.73 Å². The molecule has 3 rings (SSSR count). The monoisotopic (exact) mass is 322 g/mol. The number of nitrogens with zero attached hydrogens (tertiary/aromatic N) is 3. The van der Waals surface area contributed by atoms with E-state index < -0.39 is 6.30 Å². The molecule has 3 unspecified atom stereocenters. The van der Waals surface area contributed by atoms with Gasteiger partial charge in [-0.25, -0.2) is 9.07 Å². The highest BCUT2D eigenvalue weighted by Crippen LogP contribution is 2.43. The van der Waals surface area contributed by atoms with Gasteiger partial charge in [0.15, 0.2) is 6.30 Å². The molecule has 1 saturated carbocycles. The van der Waals surface area contributed by atoms with Crippen molar-refractivity contribution in [2.24, 2.45) is 11.7 Å². The lowest BCUT2D eigenvalue weighted by Gasteiger charge is -2.31. The fourth-order valence-corrected chi connectivity index (χ4v) is 3.99. The minimum Gasteiger partial charge on any atom is -0.403 e. The zero-order valence-corrected chi connectivity index (χ0v) is 14.0. The molecule has 3 N–H and O–H groups in total. The van der Waals surface area contributed by atoms with Crippen LogP contribution in [0.15, 0.2) is 12.4 Å². The molecule has 0 bridgehead atoms. The highest BCUT2D eigenvalue weighted by molar-refractivity contribution is 5.70. The van der Waals surface area contributed by atoms with Gasteiger partial charge in [-0.3, -0.25) is 0 Å². The Bertz CT molecular complexity index is 577. The van der Waals surface area contributed by atoms with Crippen molar-refractivity contribution in [3.63, 3.8) is 0 Å². The first-order chi connectivity index (χ1) is 11.0. The van der Waals surface area contributed by atoms with Crippen LogP contribution in [0.2, 0.25) is 0 Å². The Balaban J connectivity index is 1.82. The molecule has 5 nitrogen and oxygen atoms in total. The van der Waals surface area contributed by atoms with E-state index in [1.807, 2.05) is 7.05 Å². The number of fused-ring (bicyclic) bond motifs is 1. The largest absolute Gasteiger partial charge is 0.403 e. The number of halogens is 1. The number of aromatic nitrogens is 2. The maximum atomic E-state index is 13.6. The highest BCUT2D eigenvalue weighted by Gasteiger charge is 2.37. The molecule has 23 heavy (non-hydrogen) atoms. The summed E-state index contributed by atoms with van der Waals surface area (Å²) in [6, 6.07) is -0.0447. The summed E-state index contributed by atoms with van der Waals surface area (Å²) in [6.07, 6.45) is 8.22. The van der Waals surface area contributed by atoms with Gasteiger partial charge in [0.05, 0.1) is 23.5 Å². The fraction of sp³-hybridized carbons (Fsp3) is 0.706. The zero-order valence-electron chi connectivity index (χ0n) is 14.0. The van der Waals surface area contributed by atoms with Gasteiger partial charge in [0.2, 0.25) is 0 Å². The van der Waals surface area contributed by atoms with Crippen LogP contribution in [0.25, 0.3) is 5.70 Å². The summed E-state index contributed by atoms with van der Waals surface area (Å²) in [7, 11) is 1.96. The van der Waals surface area contributed by atoms with E-state index in [0.717, 1.165) is 29.8 Å². The van der Waals surface area contributed by atoms with Gasteiger partial charge in [-0.1, -0.05) is 19.3 Å². The molecule has 0 aromatic carbocycles. The number of hydrogen-bond acceptors (Lipinski definition) is 4. The van der Waals surface area contributed by atoms with Crippen molar-refractivity contribution in [1.29, 1.82) is 0 Å². The molecule has 1 aromatic rings. The Labute approximate surface area is 137 Å². The Morgan fingerprint density at radius 3 is 2.74 bits per heavy atom. The van der Waals surface area contributed by atoms with E-state index in [1.54, 1.807) is 12.4 Å². The second-order valence-electron chi connectivity index (χ2n) is 6.86. The fourth-order valence-electron chi connectivity index (χ4n) is 3.99. The summed E-state index contributed by atoms with van der Waals surface area (Å²) in [5.41, 5.74) is 8.32. The van der Waals surface area contributed by atoms with Crippen molar-refractivity contribution in [3.05, 3.63) is 23.7 Å². The maximum Gasteiger partial charge on any atom is 0.188 e. The van der Waals surface area contributed by atoms with Gasteiger partial charge in [0.1, 0.15) is 0 Å². The van der Waals surface area contributed by atoms with E-state index in [0.29, 0.717) is 12.3 Å². The van der Waals surface area contributed by atoms with Crippen LogP contribution < -0.4 is 5.73 Å². The summed E-state index contributed by atoms with van der Waals surface area (Å²) in [4.78, 5) is 2.05. The molecule has 2 heterocycles. The van der Waals surface area contributed by atoms with E-state index in [9.17, 15) is 9.50 Å². The van der Waals surface area contributed by atoms with E-state index in [1.165, 1.54) is 30.9 Å². The lowest BCUT2D eigenvalue weighted by molar-refractivity contribution is 0.0585. The molecule has 0 radical (unpaired) electrons. The first-order valence-corrected chi connectivity index (χ1v) is 8.59. The van der Waals surface area contributed by atoms with Crippen molar-refractivity contribution >= 4 is 5.70 Å². The number of alkyl halides is 1. The minimum absolute atomic E-state index is 0.0447. The minimum atomic E-state index is -1.17. The number of nitrogens with two attached hydrogens (primary N) is 1. The Hall–Kier alpha value is -1.56. The molecule has 0 amide bonds. The molecule has 6 heteroatoms. The first kappa shape index (κ1) is 16.3. The third kappa shape index (κ3) is 2.96. The molecule has 2 aliphatic rings. The number of aliphatic hydroxyl groups excluding tert-OH is 1. The van der Waals surface area contributed by atoms with Crippen LogP contribution in [-0.4, -0.2) is 32.9 Å². The molecule has 1 aliphatic carbocycles. The van der Waals surface area contributed by atoms with Crippen LogP contribution in [0.4, 0.5) is 4.39 Å². The highest BCUT2D eigenvalue weighted by atomic mass is 19.1. The Kier molecular flexibility index (Phi) is 4.62. The van der Waals surface area contributed by atoms with Crippen LogP contribution in [0.1, 0.15) is 69.0 Å². The zero-order chi connectivity index (χ0) is 16.6. The summed E-state index contributed by atoms with van der Waals surface area (Å²) < 4.78 is 14.9. The lowest BCUT2D eigenvalue weighted by Crippen LogP contribution is -2.29. The molecule has 0 saturated heterocycles. The summed E-state index contributed by atoms with van der Waals surface area (Å²) >= 11 is 0. The second kappa shape index (κ2) is 6.51. The number of rotatable bonds is 4. The predicted octanol–water partition coefficient (Wildman–Crippen LogP) is 2.95. The standard InChI is InChI=1S/C17H27FN4O/c1-11(18)22-10-13-15(9-19)21(2)14(17(13)20-22)8-16(23)12-6-4-3-5-7-12/h9-12,14,16,23H,3-8,19H2,1-2H3/b15-9-. The third-order valence-corrected chi connectivity index (χ3v) is 5.38. The molecular formula is C17H27FN4O. The Morgan fingerprint density at radius 2 is 2.13 bits per heavy atom. The predicted molar refractivity (Wildman–Crippen MR) is 87.9 cm³/mol. The molecule has 128 valence electrons. The van der Waals surface area contributed by atoms with E-state index in [-0.39, 0.29) is 12.1 Å². The van der Waals surface area contributed by atoms with Crippen molar-refractivity contribution in [2.45, 2.75) is 63.9 Å². The van der Waals surface area contributed by atoms with Gasteiger partial charge in [0.25, 0.3) is 0 Å². The quantitative estimate of drug-likeness (QED) is 0.894. The second-order valence-corrected chi connectivity index (χ2v) is 6.86. The van der Waals surface area contributed by atoms with Crippen LogP contribution >= 0.6 is 0 Å². The van der Waals surface area contributed by atoms with Crippen molar-refractivity contribution < 1.29 is 9.50 Å². The van der Waals surface area contributed by atoms with Gasteiger partial charge in [-0.15, -0.1) is 0 Å². The van der Waals surface area contributed by atoms with E-state index >= 15 is 0 Å². The smallest absolute Gasteiger partial charge is 0.188 e. The average molecular weight is 322 g/mol. The summed E-state index contributed by atoms with van der Waals surface area (Å²) in [5.74, 6) is 0.369. The van der Waals surface area contributed by atoms with Crippen LogP contribution in [-0.2, 0) is 0 Å². The Morgan fingerprint density at radius 1 is 1.43 bits per heavy atom. The van der Waals surface area contributed by atoms with Gasteiger partial charge >= 0.3 is 0 Å². The lowest BCUT2D eigenvalue weighted by atomic mass is 9.83. The van der Waals surface area contributed by atoms with Crippen LogP contribution in [0.5, 0.6) is 0 Å². The van der Waals surface area contributed by atoms with Gasteiger partial charge in [-0.2, -0.15) is 5.10 Å². The molecule has 1 aliphatic heterocycles. The van der Waals surface area contributed by atoms with Gasteiger partial charge < -0.3 is 15.7 Å². The number of hydrogen-bond donors (Lipinski definition) is 2. The van der Waals surface area contributed by atoms with Crippen molar-refractivity contribution in [2.75, 3.05) is 7.05 Å². The molecule has 1 aromatic heterocycles. The molecule has 1 fully saturated rings. The topological polar surface area (TPSA) is 67.3 Å². The molecule has 0 spiro atoms. The first-order valence-electron chi connectivity index (χ1n) is 8.59. The normalized spacial score (nSPS) is 26.5. The van der Waals surface area contributed by atoms with Gasteiger partial charge in [0, 0.05) is 25.0 Å². The summed E-state index contributed by atoms with van der Waals surface area (Å²) in [6.45, 7) is 1.46. The van der Waals surface area contributed by atoms with Crippen LogP contribution in [0.3, 0.4) is 0 Å².